The number of nitro benzene ring substituents is 1. The lowest BCUT2D eigenvalue weighted by atomic mass is 10.3. The third-order valence-corrected chi connectivity index (χ3v) is 7.00. The predicted octanol–water partition coefficient (Wildman–Crippen LogP) is 6.83. The Morgan fingerprint density at radius 2 is 1.58 bits per heavy atom. The first-order valence-electron chi connectivity index (χ1n) is 8.36. The summed E-state index contributed by atoms with van der Waals surface area (Å²) < 4.78 is 32.7. The second kappa shape index (κ2) is 9.10. The second-order valence-corrected chi connectivity index (χ2v) is 9.77. The molecule has 0 bridgehead atoms. The maximum atomic E-state index is 13.0. The number of nitrogens with zero attached hydrogens (tertiary/aromatic N) is 2. The number of rotatable bonds is 6. The molecule has 12 heteroatoms. The van der Waals surface area contributed by atoms with Crippen molar-refractivity contribution in [2.75, 3.05) is 11.4 Å². The summed E-state index contributed by atoms with van der Waals surface area (Å²) in [7, 11) is -2.65. The molecule has 3 aromatic rings. The highest BCUT2D eigenvalue weighted by Crippen LogP contribution is 2.41. The third-order valence-electron chi connectivity index (χ3n) is 4.14. The van der Waals surface area contributed by atoms with Crippen LogP contribution >= 0.6 is 46.4 Å². The van der Waals surface area contributed by atoms with E-state index in [1.807, 2.05) is 0 Å². The maximum absolute atomic E-state index is 13.0. The Morgan fingerprint density at radius 3 is 2.13 bits per heavy atom. The first-order chi connectivity index (χ1) is 14.5. The van der Waals surface area contributed by atoms with Gasteiger partial charge in [-0.2, -0.15) is 0 Å². The number of non-ortho nitro benzene ring substituents is 1. The Kier molecular flexibility index (Phi) is 6.88. The van der Waals surface area contributed by atoms with Crippen molar-refractivity contribution in [3.63, 3.8) is 0 Å². The quantitative estimate of drug-likeness (QED) is 0.262. The molecule has 3 rings (SSSR count). The standard InChI is InChI=1S/C19H12Cl4N2O5S/c1-24(12-4-2-3-11(20)7-12)31(28,29)14-9-16(22)19(17(23)10-14)30-18-6-5-13(25(26)27)8-15(18)21/h2-10H,1H3. The van der Waals surface area contributed by atoms with E-state index >= 15 is 0 Å². The van der Waals surface area contributed by atoms with E-state index in [2.05, 4.69) is 0 Å². The Hall–Kier alpha value is -2.23. The maximum Gasteiger partial charge on any atom is 0.271 e. The molecule has 0 amide bonds. The van der Waals surface area contributed by atoms with Crippen molar-refractivity contribution in [1.82, 2.24) is 0 Å². The van der Waals surface area contributed by atoms with Gasteiger partial charge in [0.05, 0.1) is 30.6 Å². The highest BCUT2D eigenvalue weighted by molar-refractivity contribution is 7.92. The van der Waals surface area contributed by atoms with E-state index in [1.165, 1.54) is 37.4 Å². The molecule has 0 fully saturated rings. The predicted molar refractivity (Wildman–Crippen MR) is 122 cm³/mol. The monoisotopic (exact) mass is 520 g/mol. The first kappa shape index (κ1) is 23.4. The van der Waals surface area contributed by atoms with Crippen LogP contribution in [0.25, 0.3) is 0 Å². The lowest BCUT2D eigenvalue weighted by Gasteiger charge is -2.20. The Labute approximate surface area is 197 Å². The summed E-state index contributed by atoms with van der Waals surface area (Å²) in [6, 6.07) is 12.3. The van der Waals surface area contributed by atoms with Gasteiger partial charge in [-0.25, -0.2) is 8.42 Å². The zero-order valence-corrected chi connectivity index (χ0v) is 19.4. The van der Waals surface area contributed by atoms with Gasteiger partial charge in [-0.05, 0) is 36.4 Å². The Morgan fingerprint density at radius 1 is 0.935 bits per heavy atom. The molecular formula is C19H12Cl4N2O5S. The van der Waals surface area contributed by atoms with Gasteiger partial charge in [0.25, 0.3) is 15.7 Å². The minimum absolute atomic E-state index is 0.0429. The average Bonchev–Trinajstić information content (AvgIpc) is 2.70. The molecule has 0 saturated heterocycles. The summed E-state index contributed by atoms with van der Waals surface area (Å²) >= 11 is 24.4. The summed E-state index contributed by atoms with van der Waals surface area (Å²) in [5.41, 5.74) is 0.123. The van der Waals surface area contributed by atoms with Crippen LogP contribution in [0.1, 0.15) is 0 Å². The molecule has 0 aromatic heterocycles. The lowest BCUT2D eigenvalue weighted by Crippen LogP contribution is -2.26. The van der Waals surface area contributed by atoms with Gasteiger partial charge in [-0.1, -0.05) is 52.5 Å². The van der Waals surface area contributed by atoms with Crippen LogP contribution in [0.5, 0.6) is 11.5 Å². The summed E-state index contributed by atoms with van der Waals surface area (Å²) in [5.74, 6) is 0.00571. The highest BCUT2D eigenvalue weighted by atomic mass is 35.5. The van der Waals surface area contributed by atoms with Crippen LogP contribution in [0.3, 0.4) is 0 Å². The summed E-state index contributed by atoms with van der Waals surface area (Å²) in [5, 5.41) is 11.0. The third kappa shape index (κ3) is 4.99. The fourth-order valence-corrected chi connectivity index (χ4v) is 4.88. The van der Waals surface area contributed by atoms with E-state index in [-0.39, 0.29) is 37.1 Å². The van der Waals surface area contributed by atoms with E-state index in [9.17, 15) is 18.5 Å². The van der Waals surface area contributed by atoms with Crippen LogP contribution in [0.2, 0.25) is 20.1 Å². The van der Waals surface area contributed by atoms with E-state index in [4.69, 9.17) is 51.1 Å². The smallest absolute Gasteiger partial charge is 0.271 e. The fourth-order valence-electron chi connectivity index (χ4n) is 2.55. The molecule has 7 nitrogen and oxygen atoms in total. The van der Waals surface area contributed by atoms with Gasteiger partial charge in [-0.15, -0.1) is 0 Å². The van der Waals surface area contributed by atoms with Crippen LogP contribution in [-0.4, -0.2) is 20.4 Å². The van der Waals surface area contributed by atoms with Gasteiger partial charge < -0.3 is 4.74 Å². The van der Waals surface area contributed by atoms with Crippen molar-refractivity contribution in [2.24, 2.45) is 0 Å². The molecule has 0 spiro atoms. The largest absolute Gasteiger partial charge is 0.453 e. The zero-order valence-electron chi connectivity index (χ0n) is 15.6. The number of halogens is 4. The zero-order chi connectivity index (χ0) is 22.9. The molecule has 0 N–H and O–H groups in total. The number of hydrogen-bond acceptors (Lipinski definition) is 5. The van der Waals surface area contributed by atoms with Gasteiger partial charge in [0, 0.05) is 24.2 Å². The number of nitro groups is 1. The van der Waals surface area contributed by atoms with Gasteiger partial charge in [0.15, 0.2) is 5.75 Å². The molecule has 0 unspecified atom stereocenters. The molecule has 31 heavy (non-hydrogen) atoms. The van der Waals surface area contributed by atoms with Crippen molar-refractivity contribution in [1.29, 1.82) is 0 Å². The minimum atomic E-state index is -4.02. The highest BCUT2D eigenvalue weighted by Gasteiger charge is 2.25. The minimum Gasteiger partial charge on any atom is -0.453 e. The van der Waals surface area contributed by atoms with E-state index in [1.54, 1.807) is 18.2 Å². The number of benzene rings is 3. The van der Waals surface area contributed by atoms with Crippen molar-refractivity contribution < 1.29 is 18.1 Å². The van der Waals surface area contributed by atoms with Crippen LogP contribution in [0, 0.1) is 10.1 Å². The van der Waals surface area contributed by atoms with E-state index in [0.717, 1.165) is 10.4 Å². The summed E-state index contributed by atoms with van der Waals surface area (Å²) in [6.45, 7) is 0. The SMILES string of the molecule is CN(c1cccc(Cl)c1)S(=O)(=O)c1cc(Cl)c(Oc2ccc([N+](=O)[O-])cc2Cl)c(Cl)c1. The van der Waals surface area contributed by atoms with Gasteiger partial charge in [-0.3, -0.25) is 14.4 Å². The van der Waals surface area contributed by atoms with Gasteiger partial charge in [0.1, 0.15) is 5.75 Å². The number of sulfonamides is 1. The second-order valence-electron chi connectivity index (χ2n) is 6.14. The van der Waals surface area contributed by atoms with Crippen LogP contribution in [0.4, 0.5) is 11.4 Å². The van der Waals surface area contributed by atoms with Gasteiger partial charge in [0.2, 0.25) is 0 Å². The molecule has 0 saturated carbocycles. The summed E-state index contributed by atoms with van der Waals surface area (Å²) in [6.07, 6.45) is 0. The lowest BCUT2D eigenvalue weighted by molar-refractivity contribution is -0.384. The molecule has 0 atom stereocenters. The van der Waals surface area contributed by atoms with Gasteiger partial charge >= 0.3 is 0 Å². The van der Waals surface area contributed by atoms with Crippen molar-refractivity contribution >= 4 is 67.8 Å². The Balaban J connectivity index is 1.96. The van der Waals surface area contributed by atoms with Crippen molar-refractivity contribution in [2.45, 2.75) is 4.90 Å². The first-order valence-corrected chi connectivity index (χ1v) is 11.3. The molecule has 0 aliphatic rings. The topological polar surface area (TPSA) is 89.8 Å². The van der Waals surface area contributed by atoms with Crippen molar-refractivity contribution in [3.8, 4) is 11.5 Å². The average molecular weight is 522 g/mol. The van der Waals surface area contributed by atoms with Crippen molar-refractivity contribution in [3.05, 3.63) is 84.8 Å². The number of ether oxygens (including phenoxy) is 1. The molecule has 162 valence electrons. The molecular weight excluding hydrogens is 510 g/mol. The van der Waals surface area contributed by atoms with E-state index < -0.39 is 14.9 Å². The summed E-state index contributed by atoms with van der Waals surface area (Å²) in [4.78, 5) is 10.1. The Bertz CT molecular complexity index is 1260. The molecule has 0 heterocycles. The molecule has 3 aromatic carbocycles. The van der Waals surface area contributed by atoms with E-state index in [0.29, 0.717) is 10.7 Å². The fraction of sp³-hybridized carbons (Fsp3) is 0.0526. The van der Waals surface area contributed by atoms with Crippen LogP contribution in [-0.2, 0) is 10.0 Å². The normalized spacial score (nSPS) is 11.3. The molecule has 0 aliphatic carbocycles. The number of hydrogen-bond donors (Lipinski definition) is 0. The molecule has 0 aliphatic heterocycles. The number of anilines is 1. The molecule has 0 radical (unpaired) electrons. The van der Waals surface area contributed by atoms with Crippen LogP contribution in [0.15, 0.2) is 59.5 Å². The van der Waals surface area contributed by atoms with Crippen LogP contribution < -0.4 is 9.04 Å².